The van der Waals surface area contributed by atoms with Gasteiger partial charge in [-0.3, -0.25) is 0 Å². The van der Waals surface area contributed by atoms with Crippen LogP contribution >= 0.6 is 11.8 Å². The van der Waals surface area contributed by atoms with Crippen molar-refractivity contribution in [3.8, 4) is 0 Å². The van der Waals surface area contributed by atoms with E-state index in [4.69, 9.17) is 0 Å². The Morgan fingerprint density at radius 3 is 2.64 bits per heavy atom. The lowest BCUT2D eigenvalue weighted by molar-refractivity contribution is 0.280. The Hall–Kier alpha value is 0.310. The predicted molar refractivity (Wildman–Crippen MR) is 64.9 cm³/mol. The van der Waals surface area contributed by atoms with Crippen LogP contribution in [0.4, 0.5) is 0 Å². The highest BCUT2D eigenvalue weighted by molar-refractivity contribution is 7.99. The van der Waals surface area contributed by atoms with E-state index in [0.29, 0.717) is 0 Å². The molecule has 0 aromatic rings. The van der Waals surface area contributed by atoms with Gasteiger partial charge in [-0.15, -0.1) is 0 Å². The molecule has 3 atom stereocenters. The fraction of sp³-hybridized carbons (Fsp3) is 1.00. The molecule has 0 amide bonds. The van der Waals surface area contributed by atoms with E-state index in [0.717, 1.165) is 18.0 Å². The Balaban J connectivity index is 1.72. The first kappa shape index (κ1) is 10.8. The Kier molecular flexibility index (Phi) is 4.18. The highest BCUT2D eigenvalue weighted by atomic mass is 32.2. The lowest BCUT2D eigenvalue weighted by Crippen LogP contribution is -2.43. The molecule has 14 heavy (non-hydrogen) atoms. The lowest BCUT2D eigenvalue weighted by Gasteiger charge is -2.32. The number of hydrogen-bond acceptors (Lipinski definition) is 2. The first-order chi connectivity index (χ1) is 6.84. The monoisotopic (exact) mass is 213 g/mol. The first-order valence-corrected chi connectivity index (χ1v) is 7.34. The highest BCUT2D eigenvalue weighted by Gasteiger charge is 2.22. The van der Waals surface area contributed by atoms with Gasteiger partial charge in [-0.05, 0) is 37.4 Å². The van der Waals surface area contributed by atoms with Crippen molar-refractivity contribution in [2.45, 2.75) is 57.5 Å². The second kappa shape index (κ2) is 5.41. The summed E-state index contributed by atoms with van der Waals surface area (Å²) in [5.41, 5.74) is 0. The number of rotatable bonds is 2. The van der Waals surface area contributed by atoms with Gasteiger partial charge in [-0.1, -0.05) is 19.8 Å². The minimum absolute atomic E-state index is 0.823. The second-order valence-corrected chi connectivity index (χ2v) is 6.20. The van der Waals surface area contributed by atoms with Crippen LogP contribution in [-0.2, 0) is 0 Å². The van der Waals surface area contributed by atoms with Crippen LogP contribution in [0.1, 0.15) is 45.4 Å². The molecule has 1 aliphatic heterocycles. The van der Waals surface area contributed by atoms with E-state index in [1.165, 1.54) is 50.0 Å². The average molecular weight is 213 g/mol. The zero-order valence-electron chi connectivity index (χ0n) is 9.30. The quantitative estimate of drug-likeness (QED) is 0.756. The van der Waals surface area contributed by atoms with Crippen LogP contribution in [0, 0.1) is 5.92 Å². The number of thioether (sulfide) groups is 1. The van der Waals surface area contributed by atoms with E-state index in [1.54, 1.807) is 0 Å². The Labute approximate surface area is 92.4 Å². The third kappa shape index (κ3) is 3.16. The molecule has 3 unspecified atom stereocenters. The molecule has 1 heterocycles. The molecule has 1 saturated carbocycles. The molecule has 0 aromatic carbocycles. The van der Waals surface area contributed by atoms with Gasteiger partial charge in [0.1, 0.15) is 0 Å². The maximum absolute atomic E-state index is 3.87. The Bertz CT molecular complexity index is 166. The second-order valence-electron chi connectivity index (χ2n) is 5.05. The van der Waals surface area contributed by atoms with Gasteiger partial charge in [-0.2, -0.15) is 11.8 Å². The molecule has 0 spiro atoms. The van der Waals surface area contributed by atoms with Crippen molar-refractivity contribution in [2.75, 3.05) is 11.5 Å². The maximum atomic E-state index is 3.87. The molecule has 82 valence electrons. The summed E-state index contributed by atoms with van der Waals surface area (Å²) in [6.45, 7) is 2.41. The summed E-state index contributed by atoms with van der Waals surface area (Å²) in [4.78, 5) is 0. The van der Waals surface area contributed by atoms with Crippen LogP contribution in [0.3, 0.4) is 0 Å². The van der Waals surface area contributed by atoms with Crippen LogP contribution in [0.15, 0.2) is 0 Å². The van der Waals surface area contributed by atoms with Gasteiger partial charge in [0.2, 0.25) is 0 Å². The van der Waals surface area contributed by atoms with Crippen molar-refractivity contribution < 1.29 is 0 Å². The van der Waals surface area contributed by atoms with Crippen LogP contribution < -0.4 is 5.32 Å². The van der Waals surface area contributed by atoms with Gasteiger partial charge < -0.3 is 5.32 Å². The molecule has 2 rings (SSSR count). The summed E-state index contributed by atoms with van der Waals surface area (Å²) in [5.74, 6) is 3.70. The van der Waals surface area contributed by atoms with Gasteiger partial charge >= 0.3 is 0 Å². The molecule has 0 radical (unpaired) electrons. The van der Waals surface area contributed by atoms with E-state index >= 15 is 0 Å². The number of hydrogen-bond donors (Lipinski definition) is 1. The maximum Gasteiger partial charge on any atom is 0.0161 e. The third-order valence-electron chi connectivity index (χ3n) is 3.57. The van der Waals surface area contributed by atoms with Gasteiger partial charge in [0, 0.05) is 17.8 Å². The van der Waals surface area contributed by atoms with Crippen LogP contribution in [-0.4, -0.2) is 23.6 Å². The SMILES string of the molecule is CC1CCCC(NC2CCCSC2)C1. The minimum Gasteiger partial charge on any atom is -0.310 e. The van der Waals surface area contributed by atoms with E-state index < -0.39 is 0 Å². The van der Waals surface area contributed by atoms with Crippen LogP contribution in [0.2, 0.25) is 0 Å². The van der Waals surface area contributed by atoms with Crippen molar-refractivity contribution in [3.05, 3.63) is 0 Å². The van der Waals surface area contributed by atoms with Crippen molar-refractivity contribution in [1.82, 2.24) is 5.32 Å². The predicted octanol–water partition coefficient (Wildman–Crippen LogP) is 3.05. The number of nitrogens with one attached hydrogen (secondary N) is 1. The lowest BCUT2D eigenvalue weighted by atomic mass is 9.86. The zero-order valence-corrected chi connectivity index (χ0v) is 10.1. The molecule has 1 aliphatic carbocycles. The van der Waals surface area contributed by atoms with E-state index in [2.05, 4.69) is 24.0 Å². The fourth-order valence-electron chi connectivity index (χ4n) is 2.79. The molecule has 2 fully saturated rings. The summed E-state index contributed by atoms with van der Waals surface area (Å²) >= 11 is 2.13. The van der Waals surface area contributed by atoms with Crippen molar-refractivity contribution >= 4 is 11.8 Å². The van der Waals surface area contributed by atoms with Gasteiger partial charge in [-0.25, -0.2) is 0 Å². The Morgan fingerprint density at radius 1 is 1.07 bits per heavy atom. The topological polar surface area (TPSA) is 12.0 Å². The summed E-state index contributed by atoms with van der Waals surface area (Å²) in [6, 6.07) is 1.66. The van der Waals surface area contributed by atoms with Crippen molar-refractivity contribution in [3.63, 3.8) is 0 Å². The van der Waals surface area contributed by atoms with Gasteiger partial charge in [0.05, 0.1) is 0 Å². The van der Waals surface area contributed by atoms with Crippen LogP contribution in [0.5, 0.6) is 0 Å². The van der Waals surface area contributed by atoms with Gasteiger partial charge in [0.25, 0.3) is 0 Å². The smallest absolute Gasteiger partial charge is 0.0161 e. The minimum atomic E-state index is 0.823. The molecule has 2 heteroatoms. The van der Waals surface area contributed by atoms with Crippen molar-refractivity contribution in [1.29, 1.82) is 0 Å². The fourth-order valence-corrected chi connectivity index (χ4v) is 3.88. The van der Waals surface area contributed by atoms with Gasteiger partial charge in [0.15, 0.2) is 0 Å². The molecule has 1 saturated heterocycles. The molecule has 0 aromatic heterocycles. The van der Waals surface area contributed by atoms with E-state index in [1.807, 2.05) is 0 Å². The molecular weight excluding hydrogens is 190 g/mol. The molecule has 0 bridgehead atoms. The van der Waals surface area contributed by atoms with Crippen molar-refractivity contribution in [2.24, 2.45) is 5.92 Å². The summed E-state index contributed by atoms with van der Waals surface area (Å²) in [5, 5.41) is 3.87. The first-order valence-electron chi connectivity index (χ1n) is 6.18. The molecule has 2 aliphatic rings. The summed E-state index contributed by atoms with van der Waals surface area (Å²) < 4.78 is 0. The molecule has 1 nitrogen and oxygen atoms in total. The Morgan fingerprint density at radius 2 is 1.93 bits per heavy atom. The summed E-state index contributed by atoms with van der Waals surface area (Å²) in [7, 11) is 0. The zero-order chi connectivity index (χ0) is 9.80. The normalized spacial score (nSPS) is 39.6. The van der Waals surface area contributed by atoms with E-state index in [-0.39, 0.29) is 0 Å². The summed E-state index contributed by atoms with van der Waals surface area (Å²) in [6.07, 6.45) is 8.57. The molecule has 1 N–H and O–H groups in total. The average Bonchev–Trinajstić information content (AvgIpc) is 2.19. The third-order valence-corrected chi connectivity index (χ3v) is 4.78. The largest absolute Gasteiger partial charge is 0.310 e. The van der Waals surface area contributed by atoms with Crippen LogP contribution in [0.25, 0.3) is 0 Å². The standard InChI is InChI=1S/C12H23NS/c1-10-4-2-5-11(8-10)13-12-6-3-7-14-9-12/h10-13H,2-9H2,1H3. The van der Waals surface area contributed by atoms with E-state index in [9.17, 15) is 0 Å². The highest BCUT2D eigenvalue weighted by Crippen LogP contribution is 2.25. The molecular formula is C12H23NS.